The Balaban J connectivity index is 1.67. The van der Waals surface area contributed by atoms with E-state index in [0.29, 0.717) is 12.0 Å². The molecule has 2 saturated carbocycles. The summed E-state index contributed by atoms with van der Waals surface area (Å²) in [4.78, 5) is 39.1. The molecule has 0 aromatic carbocycles. The number of aliphatic hydroxyl groups excluding tert-OH is 1. The average molecular weight is 553 g/mol. The molecular weight excluding hydrogens is 508 g/mol. The normalized spacial score (nSPS) is 38.0. The van der Waals surface area contributed by atoms with E-state index in [1.165, 1.54) is 13.0 Å². The maximum absolute atomic E-state index is 14.5. The van der Waals surface area contributed by atoms with Gasteiger partial charge in [-0.3, -0.25) is 9.59 Å². The van der Waals surface area contributed by atoms with Crippen molar-refractivity contribution in [2.75, 3.05) is 6.61 Å². The highest BCUT2D eigenvalue weighted by atomic mass is 16.6. The molecule has 1 spiro atoms. The molecule has 40 heavy (non-hydrogen) atoms. The van der Waals surface area contributed by atoms with Crippen LogP contribution in [0.3, 0.4) is 0 Å². The molecule has 0 aromatic heterocycles. The van der Waals surface area contributed by atoms with Crippen LogP contribution in [0.4, 0.5) is 0 Å². The fourth-order valence-electron chi connectivity index (χ4n) is 7.68. The molecule has 4 aliphatic rings. The van der Waals surface area contributed by atoms with E-state index < -0.39 is 41.1 Å². The standard InChI is InChI=1S/C33H44O7/c1-7-8-9-10-11-12-13-14-15-26(35)40-30-20(2)18-32-21(3)16-25-27(31(25,5)6)24(29(32)37)17-23(19-39-22(4)34)28(36)33(30,32)38/h10-15,17-18,21,24-25,27-28,30,36,38H,7-9,16,19H2,1-6H3/b11-10-,13-12+,15-14+/t21-,24+,25-,27+,28-,30+,32?,33+/m1/s1. The van der Waals surface area contributed by atoms with Crippen LogP contribution in [0.5, 0.6) is 0 Å². The molecule has 4 aliphatic carbocycles. The van der Waals surface area contributed by atoms with Gasteiger partial charge in [0.2, 0.25) is 0 Å². The molecule has 4 rings (SSSR count). The number of carbonyl (C=O) groups excluding carboxylic acids is 3. The van der Waals surface area contributed by atoms with Crippen LogP contribution in [-0.4, -0.2) is 52.4 Å². The number of rotatable bonds is 9. The van der Waals surface area contributed by atoms with E-state index in [-0.39, 0.29) is 41.1 Å². The van der Waals surface area contributed by atoms with Gasteiger partial charge in [-0.15, -0.1) is 0 Å². The smallest absolute Gasteiger partial charge is 0.331 e. The van der Waals surface area contributed by atoms with Gasteiger partial charge < -0.3 is 19.7 Å². The molecule has 0 radical (unpaired) electrons. The topological polar surface area (TPSA) is 110 Å². The van der Waals surface area contributed by atoms with Gasteiger partial charge in [-0.25, -0.2) is 4.79 Å². The molecule has 2 bridgehead atoms. The van der Waals surface area contributed by atoms with E-state index in [1.807, 2.05) is 19.1 Å². The third kappa shape index (κ3) is 4.85. The Morgan fingerprint density at radius 1 is 1.18 bits per heavy atom. The summed E-state index contributed by atoms with van der Waals surface area (Å²) >= 11 is 0. The SMILES string of the molecule is CCCC\C=C/C=C/C=C/C(=O)O[C@H]1C(C)=CC23C(=O)[C@@H](C=C(COC(C)=O)[C@@H](O)[C@]12O)[C@H]1[C@@H](C[C@H]3C)C1(C)C. The number of hydrogen-bond acceptors (Lipinski definition) is 7. The van der Waals surface area contributed by atoms with Gasteiger partial charge >= 0.3 is 11.9 Å². The Kier molecular flexibility index (Phi) is 8.49. The lowest BCUT2D eigenvalue weighted by Crippen LogP contribution is -2.65. The lowest BCUT2D eigenvalue weighted by Gasteiger charge is -2.48. The quantitative estimate of drug-likeness (QED) is 0.139. The summed E-state index contributed by atoms with van der Waals surface area (Å²) < 4.78 is 11.1. The highest BCUT2D eigenvalue weighted by molar-refractivity contribution is 5.95. The maximum atomic E-state index is 14.5. The first-order valence-corrected chi connectivity index (χ1v) is 14.5. The second-order valence-electron chi connectivity index (χ2n) is 12.6. The number of aliphatic hydroxyl groups is 2. The zero-order chi connectivity index (χ0) is 29.5. The predicted octanol–water partition coefficient (Wildman–Crippen LogP) is 4.80. The van der Waals surface area contributed by atoms with Crippen LogP contribution >= 0.6 is 0 Å². The van der Waals surface area contributed by atoms with Gasteiger partial charge in [0.05, 0.1) is 5.41 Å². The molecular formula is C33H44O7. The third-order valence-electron chi connectivity index (χ3n) is 9.82. The van der Waals surface area contributed by atoms with Gasteiger partial charge in [-0.2, -0.15) is 0 Å². The summed E-state index contributed by atoms with van der Waals surface area (Å²) in [6, 6.07) is 0. The third-order valence-corrected chi connectivity index (χ3v) is 9.82. The lowest BCUT2D eigenvalue weighted by molar-refractivity contribution is -0.201. The van der Waals surface area contributed by atoms with Gasteiger partial charge in [0, 0.05) is 18.9 Å². The molecule has 0 heterocycles. The summed E-state index contributed by atoms with van der Waals surface area (Å²) in [6.45, 7) is 11.1. The zero-order valence-electron chi connectivity index (χ0n) is 24.6. The van der Waals surface area contributed by atoms with Crippen molar-refractivity contribution in [3.05, 3.63) is 59.8 Å². The summed E-state index contributed by atoms with van der Waals surface area (Å²) in [6.07, 6.45) is 14.9. The van der Waals surface area contributed by atoms with Crippen LogP contribution in [0.2, 0.25) is 0 Å². The van der Waals surface area contributed by atoms with Crippen molar-refractivity contribution in [3.63, 3.8) is 0 Å². The molecule has 8 atom stereocenters. The van der Waals surface area contributed by atoms with Gasteiger partial charge in [-0.1, -0.05) is 83.1 Å². The number of carbonyl (C=O) groups is 3. The molecule has 7 nitrogen and oxygen atoms in total. The number of allylic oxidation sites excluding steroid dienone is 6. The number of hydrogen-bond donors (Lipinski definition) is 2. The van der Waals surface area contributed by atoms with Crippen molar-refractivity contribution < 1.29 is 34.1 Å². The van der Waals surface area contributed by atoms with Crippen LogP contribution in [0.15, 0.2) is 59.8 Å². The monoisotopic (exact) mass is 552 g/mol. The molecule has 1 unspecified atom stereocenters. The molecule has 2 N–H and O–H groups in total. The number of unbranched alkanes of at least 4 members (excludes halogenated alkanes) is 2. The zero-order valence-corrected chi connectivity index (χ0v) is 24.6. The molecule has 0 saturated heterocycles. The van der Waals surface area contributed by atoms with E-state index in [2.05, 4.69) is 26.8 Å². The Morgan fingerprint density at radius 2 is 1.88 bits per heavy atom. The van der Waals surface area contributed by atoms with E-state index in [1.54, 1.807) is 31.2 Å². The molecule has 0 aliphatic heterocycles. The first-order valence-electron chi connectivity index (χ1n) is 14.5. The van der Waals surface area contributed by atoms with E-state index >= 15 is 0 Å². The van der Waals surface area contributed by atoms with Crippen LogP contribution in [0.1, 0.15) is 67.2 Å². The van der Waals surface area contributed by atoms with Crippen molar-refractivity contribution in [1.29, 1.82) is 0 Å². The van der Waals surface area contributed by atoms with E-state index in [0.717, 1.165) is 19.3 Å². The van der Waals surface area contributed by atoms with Crippen LogP contribution < -0.4 is 0 Å². The minimum atomic E-state index is -2.16. The number of esters is 2. The summed E-state index contributed by atoms with van der Waals surface area (Å²) in [7, 11) is 0. The highest BCUT2D eigenvalue weighted by Gasteiger charge is 2.76. The first-order chi connectivity index (χ1) is 18.8. The highest BCUT2D eigenvalue weighted by Crippen LogP contribution is 2.71. The molecule has 218 valence electrons. The van der Waals surface area contributed by atoms with Crippen molar-refractivity contribution >= 4 is 17.7 Å². The van der Waals surface area contributed by atoms with E-state index in [9.17, 15) is 24.6 Å². The summed E-state index contributed by atoms with van der Waals surface area (Å²) in [5, 5.41) is 24.4. The van der Waals surface area contributed by atoms with Gasteiger partial charge in [0.15, 0.2) is 17.5 Å². The Bertz CT molecular complexity index is 1190. The van der Waals surface area contributed by atoms with Crippen molar-refractivity contribution in [3.8, 4) is 0 Å². The Morgan fingerprint density at radius 3 is 2.55 bits per heavy atom. The Labute approximate surface area is 237 Å². The molecule has 0 aromatic rings. The summed E-state index contributed by atoms with van der Waals surface area (Å²) in [5.41, 5.74) is -2.92. The van der Waals surface area contributed by atoms with Crippen molar-refractivity contribution in [1.82, 2.24) is 0 Å². The van der Waals surface area contributed by atoms with Crippen LogP contribution in [0, 0.1) is 34.5 Å². The fourth-order valence-corrected chi connectivity index (χ4v) is 7.68. The number of ether oxygens (including phenoxy) is 2. The van der Waals surface area contributed by atoms with Crippen LogP contribution in [0.25, 0.3) is 0 Å². The lowest BCUT2D eigenvalue weighted by atomic mass is 9.59. The molecule has 7 heteroatoms. The van der Waals surface area contributed by atoms with Crippen molar-refractivity contribution in [2.24, 2.45) is 34.5 Å². The minimum Gasteiger partial charge on any atom is -0.461 e. The number of Topliss-reactive ketones (excluding diaryl/α,β-unsaturated/α-hetero) is 1. The molecule has 0 amide bonds. The summed E-state index contributed by atoms with van der Waals surface area (Å²) in [5.74, 6) is -1.98. The average Bonchev–Trinajstić information content (AvgIpc) is 3.38. The minimum absolute atomic E-state index is 0.0461. The van der Waals surface area contributed by atoms with Gasteiger partial charge in [0.1, 0.15) is 12.7 Å². The first kappa shape index (κ1) is 30.2. The van der Waals surface area contributed by atoms with Crippen LogP contribution in [-0.2, 0) is 23.9 Å². The maximum Gasteiger partial charge on any atom is 0.331 e. The van der Waals surface area contributed by atoms with E-state index in [4.69, 9.17) is 9.47 Å². The van der Waals surface area contributed by atoms with Crippen molar-refractivity contribution in [2.45, 2.75) is 85.0 Å². The largest absolute Gasteiger partial charge is 0.461 e. The predicted molar refractivity (Wildman–Crippen MR) is 152 cm³/mol. The fraction of sp³-hybridized carbons (Fsp3) is 0.606. The van der Waals surface area contributed by atoms with Gasteiger partial charge in [-0.05, 0) is 54.1 Å². The molecule has 2 fully saturated rings. The second-order valence-corrected chi connectivity index (χ2v) is 12.6. The number of fused-ring (bicyclic) bond motifs is 3. The number of ketones is 1. The van der Waals surface area contributed by atoms with Gasteiger partial charge in [0.25, 0.3) is 0 Å². The Hall–Kier alpha value is -2.77. The second kappa shape index (κ2) is 11.2.